The van der Waals surface area contributed by atoms with Gasteiger partial charge in [-0.05, 0) is 60.9 Å². The normalized spacial score (nSPS) is 23.8. The monoisotopic (exact) mass is 319 g/mol. The average Bonchev–Trinajstić information content (AvgIpc) is 3.22. The second-order valence-electron chi connectivity index (χ2n) is 6.20. The molecule has 0 spiro atoms. The number of carbonyl (C=O) groups excluding carboxylic acids is 1. The van der Waals surface area contributed by atoms with E-state index in [0.29, 0.717) is 30.0 Å². The maximum absolute atomic E-state index is 11.9. The first-order chi connectivity index (χ1) is 11.8. The molecule has 1 aromatic carbocycles. The summed E-state index contributed by atoms with van der Waals surface area (Å²) in [6.45, 7) is 4.06. The predicted molar refractivity (Wildman–Crippen MR) is 95.2 cm³/mol. The van der Waals surface area contributed by atoms with Gasteiger partial charge in [0.1, 0.15) is 0 Å². The van der Waals surface area contributed by atoms with Crippen LogP contribution < -0.4 is 5.32 Å². The van der Waals surface area contributed by atoms with E-state index in [0.717, 1.165) is 31.2 Å². The molecule has 3 nitrogen and oxygen atoms in total. The predicted octanol–water partition coefficient (Wildman–Crippen LogP) is 4.21. The van der Waals surface area contributed by atoms with Gasteiger partial charge in [-0.15, -0.1) is 11.8 Å². The first-order valence-corrected chi connectivity index (χ1v) is 8.40. The molecule has 1 saturated carbocycles. The highest BCUT2D eigenvalue weighted by molar-refractivity contribution is 5.84. The van der Waals surface area contributed by atoms with Gasteiger partial charge in [0.15, 0.2) is 0 Å². The summed E-state index contributed by atoms with van der Waals surface area (Å²) < 4.78 is 5.41. The molecule has 0 radical (unpaired) electrons. The highest BCUT2D eigenvalue weighted by Crippen LogP contribution is 2.52. The highest BCUT2D eigenvalue weighted by Gasteiger charge is 2.49. The van der Waals surface area contributed by atoms with Crippen LogP contribution in [0.5, 0.6) is 0 Å². The van der Waals surface area contributed by atoms with Crippen molar-refractivity contribution in [2.24, 2.45) is 17.8 Å². The molecule has 3 heteroatoms. The molecular formula is C21H21NO2. The van der Waals surface area contributed by atoms with Gasteiger partial charge in [0.2, 0.25) is 0 Å². The van der Waals surface area contributed by atoms with Crippen LogP contribution in [0.2, 0.25) is 0 Å². The van der Waals surface area contributed by atoms with Gasteiger partial charge in [-0.2, -0.15) is 0 Å². The summed E-state index contributed by atoms with van der Waals surface area (Å²) >= 11 is 0. The zero-order valence-electron chi connectivity index (χ0n) is 13.7. The van der Waals surface area contributed by atoms with Gasteiger partial charge in [-0.3, -0.25) is 5.32 Å². The van der Waals surface area contributed by atoms with E-state index in [1.807, 2.05) is 24.3 Å². The van der Waals surface area contributed by atoms with Crippen molar-refractivity contribution in [3.05, 3.63) is 42.5 Å². The van der Waals surface area contributed by atoms with E-state index in [-0.39, 0.29) is 0 Å². The summed E-state index contributed by atoms with van der Waals surface area (Å²) in [5.74, 6) is 14.0. The highest BCUT2D eigenvalue weighted by atomic mass is 16.5. The van der Waals surface area contributed by atoms with E-state index < -0.39 is 6.09 Å². The minimum Gasteiger partial charge on any atom is -0.449 e. The summed E-state index contributed by atoms with van der Waals surface area (Å²) in [7, 11) is 0. The number of rotatable bonds is 3. The summed E-state index contributed by atoms with van der Waals surface area (Å²) in [5, 5.41) is 2.76. The Morgan fingerprint density at radius 3 is 2.54 bits per heavy atom. The third-order valence-electron chi connectivity index (χ3n) is 4.70. The molecule has 122 valence electrons. The molecule has 1 aromatic rings. The van der Waals surface area contributed by atoms with E-state index >= 15 is 0 Å². The molecule has 2 unspecified atom stereocenters. The van der Waals surface area contributed by atoms with Crippen molar-refractivity contribution in [3.63, 3.8) is 0 Å². The van der Waals surface area contributed by atoms with Crippen molar-refractivity contribution in [1.29, 1.82) is 0 Å². The zero-order valence-corrected chi connectivity index (χ0v) is 13.7. The number of nitrogens with one attached hydrogen (secondary N) is 1. The summed E-state index contributed by atoms with van der Waals surface area (Å²) in [5.41, 5.74) is 1.59. The summed E-state index contributed by atoms with van der Waals surface area (Å²) in [6, 6.07) is 7.34. The molecule has 1 fully saturated rings. The van der Waals surface area contributed by atoms with Crippen molar-refractivity contribution in [1.82, 2.24) is 0 Å². The molecule has 2 atom stereocenters. The van der Waals surface area contributed by atoms with Crippen LogP contribution in [0.1, 0.15) is 31.2 Å². The molecular weight excluding hydrogens is 298 g/mol. The number of anilines is 1. The fourth-order valence-electron chi connectivity index (χ4n) is 3.38. The molecule has 0 aliphatic heterocycles. The van der Waals surface area contributed by atoms with Gasteiger partial charge >= 0.3 is 6.09 Å². The summed E-state index contributed by atoms with van der Waals surface area (Å²) in [6.07, 6.45) is 5.39. The molecule has 24 heavy (non-hydrogen) atoms. The minimum absolute atomic E-state index is 0.393. The Morgan fingerprint density at radius 2 is 1.92 bits per heavy atom. The largest absolute Gasteiger partial charge is 0.449 e. The van der Waals surface area contributed by atoms with Crippen LogP contribution in [-0.2, 0) is 4.74 Å². The number of amides is 1. The van der Waals surface area contributed by atoms with Crippen molar-refractivity contribution < 1.29 is 9.53 Å². The van der Waals surface area contributed by atoms with Crippen LogP contribution in [0, 0.1) is 41.4 Å². The van der Waals surface area contributed by atoms with Gasteiger partial charge in [0.05, 0.1) is 6.61 Å². The van der Waals surface area contributed by atoms with Crippen LogP contribution >= 0.6 is 0 Å². The fraction of sp³-hybridized carbons (Fsp3) is 0.381. The van der Waals surface area contributed by atoms with E-state index in [2.05, 4.69) is 35.6 Å². The van der Waals surface area contributed by atoms with Gasteiger partial charge in [0, 0.05) is 24.1 Å². The lowest BCUT2D eigenvalue weighted by Gasteiger charge is -2.07. The number of allylic oxidation sites excluding steroid dienone is 1. The van der Waals surface area contributed by atoms with E-state index in [4.69, 9.17) is 4.74 Å². The van der Waals surface area contributed by atoms with E-state index in [1.54, 1.807) is 6.08 Å². The Labute approximate surface area is 143 Å². The molecule has 1 amide bonds. The third-order valence-corrected chi connectivity index (χ3v) is 4.70. The topological polar surface area (TPSA) is 38.3 Å². The Bertz CT molecular complexity index is 709. The number of hydrogen-bond donors (Lipinski definition) is 1. The van der Waals surface area contributed by atoms with Crippen molar-refractivity contribution in [3.8, 4) is 23.7 Å². The van der Waals surface area contributed by atoms with Crippen LogP contribution in [-0.4, -0.2) is 12.7 Å². The number of hydrogen-bond acceptors (Lipinski definition) is 2. The zero-order chi connectivity index (χ0) is 16.8. The minimum atomic E-state index is -0.393. The van der Waals surface area contributed by atoms with E-state index in [1.165, 1.54) is 0 Å². The number of benzene rings is 1. The summed E-state index contributed by atoms with van der Waals surface area (Å²) in [4.78, 5) is 11.9. The lowest BCUT2D eigenvalue weighted by molar-refractivity contribution is 0.152. The lowest BCUT2D eigenvalue weighted by atomic mass is 10.1. The molecule has 3 rings (SSSR count). The first kappa shape index (κ1) is 16.2. The van der Waals surface area contributed by atoms with Crippen molar-refractivity contribution >= 4 is 11.8 Å². The molecule has 0 saturated heterocycles. The molecule has 1 N–H and O–H groups in total. The van der Waals surface area contributed by atoms with Gasteiger partial charge in [-0.1, -0.05) is 18.4 Å². The van der Waals surface area contributed by atoms with E-state index in [9.17, 15) is 4.79 Å². The van der Waals surface area contributed by atoms with Crippen LogP contribution in [0.25, 0.3) is 0 Å². The Morgan fingerprint density at radius 1 is 1.25 bits per heavy atom. The van der Waals surface area contributed by atoms with Crippen LogP contribution in [0.3, 0.4) is 0 Å². The molecule has 0 aromatic heterocycles. The van der Waals surface area contributed by atoms with Crippen molar-refractivity contribution in [2.45, 2.75) is 25.7 Å². The number of ether oxygens (including phenoxy) is 1. The van der Waals surface area contributed by atoms with Crippen LogP contribution in [0.4, 0.5) is 10.5 Å². The number of carbonyl (C=O) groups is 1. The second-order valence-corrected chi connectivity index (χ2v) is 6.20. The number of fused-ring (bicyclic) bond motifs is 1. The van der Waals surface area contributed by atoms with Gasteiger partial charge in [0.25, 0.3) is 0 Å². The fourth-order valence-corrected chi connectivity index (χ4v) is 3.38. The quantitative estimate of drug-likeness (QED) is 0.848. The first-order valence-electron chi connectivity index (χ1n) is 8.40. The lowest BCUT2D eigenvalue weighted by Crippen LogP contribution is -2.15. The second kappa shape index (κ2) is 7.75. The molecule has 0 bridgehead atoms. The molecule has 2 aliphatic rings. The SMILES string of the molecule is C=CC#Cc1ccc(NC(=O)OCC2C3CCC#CCCC32)cc1. The maximum Gasteiger partial charge on any atom is 0.411 e. The third kappa shape index (κ3) is 4.21. The Kier molecular flexibility index (Phi) is 5.24. The average molecular weight is 319 g/mol. The molecule has 0 heterocycles. The standard InChI is InChI=1S/C21H21NO2/c1-2-3-8-16-11-13-17(14-12-16)22-21(23)24-15-20-18-9-6-4-5-7-10-19(18)20/h2,11-14,18-20H,1,6-7,9-10,15H2,(H,22,23). The maximum atomic E-state index is 11.9. The Balaban J connectivity index is 1.44. The molecule has 2 aliphatic carbocycles. The van der Waals surface area contributed by atoms with Crippen LogP contribution in [0.15, 0.2) is 36.9 Å². The van der Waals surface area contributed by atoms with Crippen molar-refractivity contribution in [2.75, 3.05) is 11.9 Å². The van der Waals surface area contributed by atoms with Gasteiger partial charge in [-0.25, -0.2) is 4.79 Å². The Hall–Kier alpha value is -2.65. The van der Waals surface area contributed by atoms with Gasteiger partial charge < -0.3 is 4.74 Å². The smallest absolute Gasteiger partial charge is 0.411 e.